The van der Waals surface area contributed by atoms with Gasteiger partial charge in [0, 0.05) is 17.4 Å². The van der Waals surface area contributed by atoms with Gasteiger partial charge in [0.15, 0.2) is 5.78 Å². The molecule has 1 aromatic heterocycles. The Morgan fingerprint density at radius 2 is 1.73 bits per heavy atom. The molecule has 26 heavy (non-hydrogen) atoms. The summed E-state index contributed by atoms with van der Waals surface area (Å²) in [7, 11) is -3.77. The fourth-order valence-electron chi connectivity index (χ4n) is 2.60. The lowest BCUT2D eigenvalue weighted by Gasteiger charge is -2.07. The molecule has 6 nitrogen and oxygen atoms in total. The van der Waals surface area contributed by atoms with Crippen LogP contribution < -0.4 is 4.72 Å². The Bertz CT molecular complexity index is 1020. The van der Waals surface area contributed by atoms with Crippen molar-refractivity contribution in [2.75, 3.05) is 4.72 Å². The van der Waals surface area contributed by atoms with Crippen LogP contribution in [0, 0.1) is 6.92 Å². The number of anilines is 1. The van der Waals surface area contributed by atoms with Crippen LogP contribution in [0.1, 0.15) is 28.5 Å². The molecular weight excluding hydrogens is 350 g/mol. The molecule has 2 aromatic carbocycles. The molecule has 3 rings (SSSR count). The smallest absolute Gasteiger partial charge is 0.265 e. The van der Waals surface area contributed by atoms with E-state index in [0.29, 0.717) is 23.5 Å². The average molecular weight is 369 g/mol. The third-order valence-electron chi connectivity index (χ3n) is 3.92. The number of hydrogen-bond donors (Lipinski definition) is 1. The highest BCUT2D eigenvalue weighted by atomic mass is 32.2. The molecule has 0 aliphatic carbocycles. The summed E-state index contributed by atoms with van der Waals surface area (Å²) in [5.41, 5.74) is 2.38. The summed E-state index contributed by atoms with van der Waals surface area (Å²) in [6.07, 6.45) is 1.52. The van der Waals surface area contributed by atoms with Crippen molar-refractivity contribution in [3.63, 3.8) is 0 Å². The minimum absolute atomic E-state index is 0.0718. The van der Waals surface area contributed by atoms with E-state index >= 15 is 0 Å². The van der Waals surface area contributed by atoms with Gasteiger partial charge in [-0.25, -0.2) is 8.42 Å². The summed E-state index contributed by atoms with van der Waals surface area (Å²) in [5.74, 6) is -0.0718. The number of nitrogens with zero attached hydrogens (tertiary/aromatic N) is 2. The number of sulfonamides is 1. The number of carbonyl (C=O) groups excluding carboxylic acids is 1. The second-order valence-electron chi connectivity index (χ2n) is 6.00. The van der Waals surface area contributed by atoms with Crippen molar-refractivity contribution in [2.24, 2.45) is 0 Å². The Labute approximate surface area is 152 Å². The third-order valence-corrected chi connectivity index (χ3v) is 5.41. The van der Waals surface area contributed by atoms with Gasteiger partial charge in [-0.15, -0.1) is 0 Å². The quantitative estimate of drug-likeness (QED) is 0.676. The molecule has 1 heterocycles. The highest BCUT2D eigenvalue weighted by Crippen LogP contribution is 2.19. The highest BCUT2D eigenvalue weighted by molar-refractivity contribution is 7.92. The minimum Gasteiger partial charge on any atom is -0.295 e. The molecule has 0 radical (unpaired) electrons. The number of hydrogen-bond acceptors (Lipinski definition) is 4. The number of Topliss-reactive ketones (excluding diaryl/α,β-unsaturated/α-hetero) is 1. The van der Waals surface area contributed by atoms with Crippen molar-refractivity contribution >= 4 is 21.5 Å². The van der Waals surface area contributed by atoms with Crippen molar-refractivity contribution < 1.29 is 13.2 Å². The molecule has 0 aliphatic rings. The monoisotopic (exact) mass is 369 g/mol. The molecule has 0 saturated carbocycles. The Balaban J connectivity index is 1.82. The fourth-order valence-corrected chi connectivity index (χ4v) is 3.84. The van der Waals surface area contributed by atoms with Crippen LogP contribution in [0.2, 0.25) is 0 Å². The van der Waals surface area contributed by atoms with E-state index in [2.05, 4.69) is 9.82 Å². The molecule has 0 saturated heterocycles. The minimum atomic E-state index is -3.77. The van der Waals surface area contributed by atoms with Gasteiger partial charge >= 0.3 is 0 Å². The van der Waals surface area contributed by atoms with Crippen molar-refractivity contribution in [3.8, 4) is 0 Å². The van der Waals surface area contributed by atoms with Gasteiger partial charge in [-0.2, -0.15) is 5.10 Å². The Hall–Kier alpha value is -2.93. The van der Waals surface area contributed by atoms with E-state index in [-0.39, 0.29) is 10.7 Å². The first-order valence-corrected chi connectivity index (χ1v) is 9.55. The van der Waals surface area contributed by atoms with Crippen LogP contribution in [0.25, 0.3) is 0 Å². The average Bonchev–Trinajstić information content (AvgIpc) is 2.97. The summed E-state index contributed by atoms with van der Waals surface area (Å²) in [4.78, 5) is 11.4. The molecule has 134 valence electrons. The van der Waals surface area contributed by atoms with Crippen LogP contribution in [0.15, 0.2) is 65.7 Å². The summed E-state index contributed by atoms with van der Waals surface area (Å²) in [5, 5.41) is 4.30. The second kappa shape index (κ2) is 7.13. The van der Waals surface area contributed by atoms with Crippen molar-refractivity contribution in [3.05, 3.63) is 77.6 Å². The number of benzene rings is 2. The number of aryl methyl sites for hydroxylation is 1. The van der Waals surface area contributed by atoms with Crippen LogP contribution in [-0.4, -0.2) is 24.0 Å². The van der Waals surface area contributed by atoms with E-state index in [1.165, 1.54) is 13.1 Å². The molecule has 7 heteroatoms. The number of nitrogens with one attached hydrogen (secondary N) is 1. The topological polar surface area (TPSA) is 81.1 Å². The predicted molar refractivity (Wildman–Crippen MR) is 99.8 cm³/mol. The van der Waals surface area contributed by atoms with Crippen molar-refractivity contribution in [2.45, 2.75) is 25.3 Å². The van der Waals surface area contributed by atoms with Crippen LogP contribution in [0.4, 0.5) is 5.69 Å². The molecule has 0 spiro atoms. The Kier molecular flexibility index (Phi) is 4.90. The maximum atomic E-state index is 12.7. The first-order valence-electron chi connectivity index (χ1n) is 8.07. The zero-order valence-electron chi connectivity index (χ0n) is 14.5. The van der Waals surface area contributed by atoms with Crippen LogP contribution in [0.5, 0.6) is 0 Å². The predicted octanol–water partition coefficient (Wildman–Crippen LogP) is 3.24. The van der Waals surface area contributed by atoms with Gasteiger partial charge in [0.05, 0.1) is 12.2 Å². The molecule has 0 amide bonds. The summed E-state index contributed by atoms with van der Waals surface area (Å²) >= 11 is 0. The van der Waals surface area contributed by atoms with E-state index in [9.17, 15) is 13.2 Å². The Morgan fingerprint density at radius 1 is 1.08 bits per heavy atom. The maximum absolute atomic E-state index is 12.7. The first kappa shape index (κ1) is 17.9. The second-order valence-corrected chi connectivity index (χ2v) is 7.65. The van der Waals surface area contributed by atoms with Gasteiger partial charge in [0.25, 0.3) is 10.0 Å². The van der Waals surface area contributed by atoms with Crippen LogP contribution in [0.3, 0.4) is 0 Å². The van der Waals surface area contributed by atoms with Crippen molar-refractivity contribution in [1.82, 2.24) is 9.78 Å². The Morgan fingerprint density at radius 3 is 2.35 bits per heavy atom. The maximum Gasteiger partial charge on any atom is 0.265 e. The van der Waals surface area contributed by atoms with E-state index in [1.807, 2.05) is 30.3 Å². The van der Waals surface area contributed by atoms with E-state index in [1.54, 1.807) is 35.9 Å². The summed E-state index contributed by atoms with van der Waals surface area (Å²) in [6.45, 7) is 3.61. The van der Waals surface area contributed by atoms with Gasteiger partial charge < -0.3 is 0 Å². The number of rotatable bonds is 6. The highest BCUT2D eigenvalue weighted by Gasteiger charge is 2.20. The number of carbonyl (C=O) groups is 1. The molecular formula is C19H19N3O3S. The molecule has 3 aromatic rings. The molecule has 0 aliphatic heterocycles. The van der Waals surface area contributed by atoms with E-state index in [0.717, 1.165) is 5.56 Å². The van der Waals surface area contributed by atoms with Gasteiger partial charge in [-0.1, -0.05) is 30.3 Å². The van der Waals surface area contributed by atoms with Gasteiger partial charge in [-0.05, 0) is 43.7 Å². The van der Waals surface area contributed by atoms with Crippen LogP contribution >= 0.6 is 0 Å². The summed E-state index contributed by atoms with van der Waals surface area (Å²) in [6, 6.07) is 16.0. The lowest BCUT2D eigenvalue weighted by molar-refractivity contribution is 0.101. The number of aromatic nitrogens is 2. The van der Waals surface area contributed by atoms with Gasteiger partial charge in [0.2, 0.25) is 0 Å². The van der Waals surface area contributed by atoms with Crippen molar-refractivity contribution in [1.29, 1.82) is 0 Å². The third kappa shape index (κ3) is 4.00. The fraction of sp³-hybridized carbons (Fsp3) is 0.158. The molecule has 0 atom stereocenters. The zero-order valence-corrected chi connectivity index (χ0v) is 15.3. The molecule has 0 bridgehead atoms. The van der Waals surface area contributed by atoms with Crippen LogP contribution in [-0.2, 0) is 16.6 Å². The lowest BCUT2D eigenvalue weighted by Crippen LogP contribution is -2.13. The van der Waals surface area contributed by atoms with Gasteiger partial charge in [0.1, 0.15) is 4.90 Å². The normalized spacial score (nSPS) is 11.3. The molecule has 1 N–H and O–H groups in total. The standard InChI is InChI=1S/C19H19N3O3S/c1-14-19(13-22(20-14)12-16-6-4-3-5-7-16)26(24,25)21-18-10-8-17(9-11-18)15(2)23/h3-11,13,21H,12H2,1-2H3. The lowest BCUT2D eigenvalue weighted by atomic mass is 10.1. The van der Waals surface area contributed by atoms with Gasteiger partial charge in [-0.3, -0.25) is 14.2 Å². The van der Waals surface area contributed by atoms with E-state index < -0.39 is 10.0 Å². The number of ketones is 1. The SMILES string of the molecule is CC(=O)c1ccc(NS(=O)(=O)c2cn(Cc3ccccc3)nc2C)cc1. The summed E-state index contributed by atoms with van der Waals surface area (Å²) < 4.78 is 29.5. The molecule has 0 unspecified atom stereocenters. The first-order chi connectivity index (χ1) is 12.3. The largest absolute Gasteiger partial charge is 0.295 e. The van der Waals surface area contributed by atoms with E-state index in [4.69, 9.17) is 0 Å². The molecule has 0 fully saturated rings. The zero-order chi connectivity index (χ0) is 18.7.